The van der Waals surface area contributed by atoms with Crippen LogP contribution in [-0.2, 0) is 4.79 Å². The Morgan fingerprint density at radius 1 is 1.15 bits per heavy atom. The van der Waals surface area contributed by atoms with Gasteiger partial charge >= 0.3 is 0 Å². The minimum Gasteiger partial charge on any atom is -0.353 e. The first-order chi connectivity index (χ1) is 12.7. The molecule has 142 valence electrons. The number of hydrogen-bond donors (Lipinski definition) is 1. The molecule has 1 aromatic heterocycles. The minimum absolute atomic E-state index is 0.257. The van der Waals surface area contributed by atoms with E-state index >= 15 is 0 Å². The van der Waals surface area contributed by atoms with Gasteiger partial charge in [0.15, 0.2) is 0 Å². The molecule has 3 fully saturated rings. The highest BCUT2D eigenvalue weighted by Gasteiger charge is 2.44. The molecule has 2 heterocycles. The molecule has 26 heavy (non-hydrogen) atoms. The Labute approximate surface area is 156 Å². The second kappa shape index (κ2) is 7.91. The SMILES string of the molecule is CC1CCC(NC(=O)C2CC2CN2CCN(c3cnccn3)CC2)CC1. The Morgan fingerprint density at radius 3 is 2.62 bits per heavy atom. The summed E-state index contributed by atoms with van der Waals surface area (Å²) in [5.74, 6) is 2.93. The van der Waals surface area contributed by atoms with Crippen LogP contribution in [0.4, 0.5) is 5.82 Å². The molecule has 0 aromatic carbocycles. The van der Waals surface area contributed by atoms with Crippen LogP contribution < -0.4 is 10.2 Å². The van der Waals surface area contributed by atoms with E-state index in [1.54, 1.807) is 12.4 Å². The van der Waals surface area contributed by atoms with E-state index in [1.165, 1.54) is 12.8 Å². The van der Waals surface area contributed by atoms with Crippen LogP contribution in [0.1, 0.15) is 39.0 Å². The van der Waals surface area contributed by atoms with Crippen LogP contribution in [0.15, 0.2) is 18.6 Å². The summed E-state index contributed by atoms with van der Waals surface area (Å²) < 4.78 is 0. The number of aromatic nitrogens is 2. The maximum atomic E-state index is 12.5. The highest BCUT2D eigenvalue weighted by atomic mass is 16.2. The maximum absolute atomic E-state index is 12.5. The first kappa shape index (κ1) is 17.7. The molecular formula is C20H31N5O. The van der Waals surface area contributed by atoms with E-state index in [2.05, 4.69) is 32.0 Å². The van der Waals surface area contributed by atoms with E-state index in [-0.39, 0.29) is 5.92 Å². The largest absolute Gasteiger partial charge is 0.353 e. The van der Waals surface area contributed by atoms with E-state index in [4.69, 9.17) is 0 Å². The molecule has 1 saturated heterocycles. The van der Waals surface area contributed by atoms with Gasteiger partial charge in [-0.25, -0.2) is 4.98 Å². The van der Waals surface area contributed by atoms with Gasteiger partial charge in [0.05, 0.1) is 6.20 Å². The van der Waals surface area contributed by atoms with Crippen molar-refractivity contribution in [3.63, 3.8) is 0 Å². The zero-order valence-electron chi connectivity index (χ0n) is 15.8. The predicted molar refractivity (Wildman–Crippen MR) is 102 cm³/mol. The average molecular weight is 358 g/mol. The molecule has 0 radical (unpaired) electrons. The molecule has 2 unspecified atom stereocenters. The molecular weight excluding hydrogens is 326 g/mol. The second-order valence-corrected chi connectivity index (χ2v) is 8.42. The number of hydrogen-bond acceptors (Lipinski definition) is 5. The number of amides is 1. The third-order valence-electron chi connectivity index (χ3n) is 6.36. The quantitative estimate of drug-likeness (QED) is 0.872. The van der Waals surface area contributed by atoms with Crippen molar-refractivity contribution in [2.75, 3.05) is 37.6 Å². The lowest BCUT2D eigenvalue weighted by Crippen LogP contribution is -2.47. The summed E-state index contributed by atoms with van der Waals surface area (Å²) in [5, 5.41) is 3.32. The highest BCUT2D eigenvalue weighted by molar-refractivity contribution is 5.81. The Hall–Kier alpha value is -1.69. The van der Waals surface area contributed by atoms with Crippen molar-refractivity contribution >= 4 is 11.7 Å². The molecule has 1 aliphatic heterocycles. The third-order valence-corrected chi connectivity index (χ3v) is 6.36. The molecule has 2 saturated carbocycles. The first-order valence-electron chi connectivity index (χ1n) is 10.2. The number of nitrogens with one attached hydrogen (secondary N) is 1. The third kappa shape index (κ3) is 4.34. The molecule has 0 spiro atoms. The molecule has 0 bridgehead atoms. The van der Waals surface area contributed by atoms with Gasteiger partial charge in [0.1, 0.15) is 5.82 Å². The lowest BCUT2D eigenvalue weighted by atomic mass is 9.87. The van der Waals surface area contributed by atoms with Crippen molar-refractivity contribution < 1.29 is 4.79 Å². The van der Waals surface area contributed by atoms with Crippen LogP contribution >= 0.6 is 0 Å². The van der Waals surface area contributed by atoms with Gasteiger partial charge in [0.25, 0.3) is 0 Å². The van der Waals surface area contributed by atoms with Crippen molar-refractivity contribution in [3.05, 3.63) is 18.6 Å². The fraction of sp³-hybridized carbons (Fsp3) is 0.750. The first-order valence-corrected chi connectivity index (χ1v) is 10.2. The molecule has 2 aliphatic carbocycles. The topological polar surface area (TPSA) is 61.4 Å². The monoisotopic (exact) mass is 357 g/mol. The summed E-state index contributed by atoms with van der Waals surface area (Å²) in [6.07, 6.45) is 11.2. The molecule has 1 aromatic rings. The summed E-state index contributed by atoms with van der Waals surface area (Å²) >= 11 is 0. The standard InChI is InChI=1S/C20H31N5O/c1-15-2-4-17(5-3-15)23-20(26)18-12-16(18)14-24-8-10-25(11-9-24)19-13-21-6-7-22-19/h6-7,13,15-18H,2-5,8-12,14H2,1H3,(H,23,26). The summed E-state index contributed by atoms with van der Waals surface area (Å²) in [5.41, 5.74) is 0. The van der Waals surface area contributed by atoms with E-state index in [0.29, 0.717) is 17.9 Å². The lowest BCUT2D eigenvalue weighted by Gasteiger charge is -2.35. The van der Waals surface area contributed by atoms with Crippen molar-refractivity contribution in [1.82, 2.24) is 20.2 Å². The zero-order chi connectivity index (χ0) is 17.9. The minimum atomic E-state index is 0.257. The van der Waals surface area contributed by atoms with Gasteiger partial charge in [-0.3, -0.25) is 14.7 Å². The molecule has 2 atom stereocenters. The van der Waals surface area contributed by atoms with Gasteiger partial charge in [-0.2, -0.15) is 0 Å². The van der Waals surface area contributed by atoms with Crippen LogP contribution in [0.25, 0.3) is 0 Å². The van der Waals surface area contributed by atoms with E-state index in [0.717, 1.165) is 63.7 Å². The fourth-order valence-electron chi connectivity index (χ4n) is 4.43. The smallest absolute Gasteiger partial charge is 0.223 e. The average Bonchev–Trinajstić information content (AvgIpc) is 3.44. The van der Waals surface area contributed by atoms with Crippen LogP contribution in [0.5, 0.6) is 0 Å². The number of nitrogens with zero attached hydrogens (tertiary/aromatic N) is 4. The Bertz CT molecular complexity index is 593. The summed E-state index contributed by atoms with van der Waals surface area (Å²) in [7, 11) is 0. The van der Waals surface area contributed by atoms with Crippen molar-refractivity contribution in [1.29, 1.82) is 0 Å². The second-order valence-electron chi connectivity index (χ2n) is 8.42. The number of piperazine rings is 1. The Balaban J connectivity index is 1.17. The van der Waals surface area contributed by atoms with Gasteiger partial charge in [0.2, 0.25) is 5.91 Å². The van der Waals surface area contributed by atoms with Crippen molar-refractivity contribution in [2.45, 2.75) is 45.1 Å². The van der Waals surface area contributed by atoms with Gasteiger partial charge in [-0.15, -0.1) is 0 Å². The van der Waals surface area contributed by atoms with Crippen LogP contribution in [0, 0.1) is 17.8 Å². The van der Waals surface area contributed by atoms with E-state index in [9.17, 15) is 4.79 Å². The zero-order valence-corrected chi connectivity index (χ0v) is 15.8. The normalized spacial score (nSPS) is 32.3. The fourth-order valence-corrected chi connectivity index (χ4v) is 4.43. The maximum Gasteiger partial charge on any atom is 0.223 e. The number of carbonyl (C=O) groups is 1. The molecule has 3 aliphatic rings. The molecule has 4 rings (SSSR count). The lowest BCUT2D eigenvalue weighted by molar-refractivity contribution is -0.123. The summed E-state index contributed by atoms with van der Waals surface area (Å²) in [6, 6.07) is 0.426. The number of carbonyl (C=O) groups excluding carboxylic acids is 1. The van der Waals surface area contributed by atoms with Gasteiger partial charge in [-0.05, 0) is 43.9 Å². The molecule has 1 amide bonds. The highest BCUT2D eigenvalue weighted by Crippen LogP contribution is 2.40. The van der Waals surface area contributed by atoms with Crippen molar-refractivity contribution in [3.8, 4) is 0 Å². The van der Waals surface area contributed by atoms with Gasteiger partial charge < -0.3 is 10.2 Å². The molecule has 6 heteroatoms. The number of rotatable bonds is 5. The van der Waals surface area contributed by atoms with Gasteiger partial charge in [-0.1, -0.05) is 6.92 Å². The molecule has 1 N–H and O–H groups in total. The van der Waals surface area contributed by atoms with Gasteiger partial charge in [0, 0.05) is 57.1 Å². The Morgan fingerprint density at radius 2 is 1.92 bits per heavy atom. The molecule has 6 nitrogen and oxygen atoms in total. The van der Waals surface area contributed by atoms with Crippen molar-refractivity contribution in [2.24, 2.45) is 17.8 Å². The van der Waals surface area contributed by atoms with E-state index < -0.39 is 0 Å². The summed E-state index contributed by atoms with van der Waals surface area (Å²) in [4.78, 5) is 25.8. The summed E-state index contributed by atoms with van der Waals surface area (Å²) in [6.45, 7) is 7.45. The predicted octanol–water partition coefficient (Wildman–Crippen LogP) is 1.93. The Kier molecular flexibility index (Phi) is 5.38. The van der Waals surface area contributed by atoms with E-state index in [1.807, 2.05) is 6.20 Å². The van der Waals surface area contributed by atoms with Crippen LogP contribution in [0.3, 0.4) is 0 Å². The van der Waals surface area contributed by atoms with Crippen LogP contribution in [-0.4, -0.2) is 59.5 Å². The number of anilines is 1. The van der Waals surface area contributed by atoms with Crippen LogP contribution in [0.2, 0.25) is 0 Å².